The molecule has 2 N–H and O–H groups in total. The number of amides is 1. The summed E-state index contributed by atoms with van der Waals surface area (Å²) in [6.45, 7) is 0.123. The van der Waals surface area contributed by atoms with Crippen LogP contribution in [0.5, 0.6) is 0 Å². The SMILES string of the molecule is CSC(=N)N(Cc1ccccc1C#N)C(=O)C=N. The number of carbonyl (C=O) groups excluding carboxylic acids is 1. The molecule has 5 nitrogen and oxygen atoms in total. The number of rotatable bonds is 3. The number of nitrogens with one attached hydrogen (secondary N) is 2. The van der Waals surface area contributed by atoms with E-state index in [1.54, 1.807) is 30.5 Å². The van der Waals surface area contributed by atoms with Crippen LogP contribution < -0.4 is 0 Å². The maximum absolute atomic E-state index is 11.6. The Kier molecular flexibility index (Phi) is 5.08. The first-order chi connectivity index (χ1) is 8.63. The smallest absolute Gasteiger partial charge is 0.270 e. The van der Waals surface area contributed by atoms with E-state index in [-0.39, 0.29) is 11.7 Å². The minimum absolute atomic E-state index is 0.0521. The number of nitrogens with zero attached hydrogens (tertiary/aromatic N) is 2. The lowest BCUT2D eigenvalue weighted by atomic mass is 10.1. The first kappa shape index (κ1) is 13.9. The second-order valence-corrected chi connectivity index (χ2v) is 4.14. The van der Waals surface area contributed by atoms with Crippen LogP contribution >= 0.6 is 11.8 Å². The summed E-state index contributed by atoms with van der Waals surface area (Å²) < 4.78 is 0. The molecule has 1 amide bonds. The fourth-order valence-electron chi connectivity index (χ4n) is 1.38. The number of thioether (sulfide) groups is 1. The van der Waals surface area contributed by atoms with Gasteiger partial charge < -0.3 is 5.41 Å². The van der Waals surface area contributed by atoms with Gasteiger partial charge in [0, 0.05) is 0 Å². The molecule has 0 aliphatic heterocycles. The topological polar surface area (TPSA) is 91.8 Å². The maximum atomic E-state index is 11.6. The molecular formula is C12H12N4OS. The lowest BCUT2D eigenvalue weighted by Gasteiger charge is -2.20. The van der Waals surface area contributed by atoms with Gasteiger partial charge in [0.2, 0.25) is 0 Å². The lowest BCUT2D eigenvalue weighted by Crippen LogP contribution is -2.34. The standard InChI is InChI=1S/C12H12N4OS/c1-18-12(15)16(11(17)7-14)8-10-5-3-2-4-9(10)6-13/h2-5,7,14-15H,8H2,1H3. The monoisotopic (exact) mass is 260 g/mol. The van der Waals surface area contributed by atoms with Gasteiger partial charge in [-0.15, -0.1) is 0 Å². The van der Waals surface area contributed by atoms with Crippen LogP contribution in [0.2, 0.25) is 0 Å². The van der Waals surface area contributed by atoms with E-state index in [0.29, 0.717) is 17.3 Å². The van der Waals surface area contributed by atoms with E-state index >= 15 is 0 Å². The number of amidine groups is 1. The van der Waals surface area contributed by atoms with Crippen molar-refractivity contribution in [2.24, 2.45) is 0 Å². The average molecular weight is 260 g/mol. The summed E-state index contributed by atoms with van der Waals surface area (Å²) in [5.74, 6) is -0.568. The summed E-state index contributed by atoms with van der Waals surface area (Å²) in [6, 6.07) is 8.94. The molecule has 18 heavy (non-hydrogen) atoms. The zero-order valence-electron chi connectivity index (χ0n) is 9.80. The van der Waals surface area contributed by atoms with Gasteiger partial charge in [0.1, 0.15) is 0 Å². The van der Waals surface area contributed by atoms with Crippen molar-refractivity contribution in [3.8, 4) is 6.07 Å². The summed E-state index contributed by atoms with van der Waals surface area (Å²) in [5.41, 5.74) is 1.13. The molecule has 0 saturated carbocycles. The Hall–Kier alpha value is -2.13. The molecule has 0 bridgehead atoms. The van der Waals surface area contributed by atoms with Crippen molar-refractivity contribution in [2.75, 3.05) is 6.26 Å². The minimum atomic E-state index is -0.568. The summed E-state index contributed by atoms with van der Waals surface area (Å²) in [5, 5.41) is 23.7. The Morgan fingerprint density at radius 1 is 1.56 bits per heavy atom. The molecule has 0 aliphatic rings. The predicted octanol–water partition coefficient (Wildman–Crippen LogP) is 1.83. The van der Waals surface area contributed by atoms with Crippen LogP contribution in [0.25, 0.3) is 0 Å². The van der Waals surface area contributed by atoms with Crippen molar-refractivity contribution in [1.29, 1.82) is 16.1 Å². The molecular weight excluding hydrogens is 248 g/mol. The van der Waals surface area contributed by atoms with Gasteiger partial charge in [-0.3, -0.25) is 15.1 Å². The fourth-order valence-corrected chi connectivity index (χ4v) is 1.75. The van der Waals surface area contributed by atoms with Crippen LogP contribution in [-0.4, -0.2) is 28.4 Å². The second kappa shape index (κ2) is 6.57. The van der Waals surface area contributed by atoms with E-state index in [1.165, 1.54) is 0 Å². The van der Waals surface area contributed by atoms with Gasteiger partial charge in [0.25, 0.3) is 5.91 Å². The molecule has 1 rings (SSSR count). The highest BCUT2D eigenvalue weighted by atomic mass is 32.2. The normalized spacial score (nSPS) is 9.33. The Bertz CT molecular complexity index is 521. The molecule has 0 radical (unpaired) electrons. The Morgan fingerprint density at radius 2 is 2.22 bits per heavy atom. The molecule has 0 heterocycles. The quantitative estimate of drug-likeness (QED) is 0.641. The molecule has 0 unspecified atom stereocenters. The predicted molar refractivity (Wildman–Crippen MR) is 71.7 cm³/mol. The number of nitriles is 1. The zero-order chi connectivity index (χ0) is 13.5. The van der Waals surface area contributed by atoms with Crippen LogP contribution in [-0.2, 0) is 11.3 Å². The molecule has 6 heteroatoms. The van der Waals surface area contributed by atoms with E-state index < -0.39 is 5.91 Å². The third-order valence-corrected chi connectivity index (χ3v) is 2.90. The second-order valence-electron chi connectivity index (χ2n) is 3.35. The first-order valence-corrected chi connectivity index (χ1v) is 6.29. The van der Waals surface area contributed by atoms with Crippen molar-refractivity contribution >= 4 is 29.1 Å². The van der Waals surface area contributed by atoms with Crippen molar-refractivity contribution in [3.63, 3.8) is 0 Å². The Morgan fingerprint density at radius 3 is 2.78 bits per heavy atom. The van der Waals surface area contributed by atoms with E-state index in [4.69, 9.17) is 16.1 Å². The summed E-state index contributed by atoms with van der Waals surface area (Å²) in [6.07, 6.45) is 2.35. The Balaban J connectivity index is 3.04. The molecule has 1 aromatic rings. The van der Waals surface area contributed by atoms with Crippen LogP contribution in [0.3, 0.4) is 0 Å². The van der Waals surface area contributed by atoms with Gasteiger partial charge in [0.15, 0.2) is 5.17 Å². The number of benzene rings is 1. The highest BCUT2D eigenvalue weighted by Gasteiger charge is 2.17. The Labute approximate surface area is 109 Å². The minimum Gasteiger partial charge on any atom is -0.303 e. The van der Waals surface area contributed by atoms with Gasteiger partial charge >= 0.3 is 0 Å². The van der Waals surface area contributed by atoms with Gasteiger partial charge in [-0.2, -0.15) is 5.26 Å². The van der Waals surface area contributed by atoms with Crippen molar-refractivity contribution in [2.45, 2.75) is 6.54 Å². The van der Waals surface area contributed by atoms with E-state index in [1.807, 2.05) is 6.07 Å². The number of carbonyl (C=O) groups is 1. The summed E-state index contributed by atoms with van der Waals surface area (Å²) in [4.78, 5) is 12.7. The summed E-state index contributed by atoms with van der Waals surface area (Å²) in [7, 11) is 0. The zero-order valence-corrected chi connectivity index (χ0v) is 10.6. The average Bonchev–Trinajstić information content (AvgIpc) is 2.43. The van der Waals surface area contributed by atoms with Crippen LogP contribution in [0.15, 0.2) is 24.3 Å². The molecule has 0 atom stereocenters. The van der Waals surface area contributed by atoms with Crippen LogP contribution in [0.1, 0.15) is 11.1 Å². The van der Waals surface area contributed by atoms with E-state index in [0.717, 1.165) is 16.7 Å². The highest BCUT2D eigenvalue weighted by molar-refractivity contribution is 8.13. The number of hydrogen-bond acceptors (Lipinski definition) is 5. The molecule has 0 aromatic heterocycles. The molecule has 0 fully saturated rings. The largest absolute Gasteiger partial charge is 0.303 e. The highest BCUT2D eigenvalue weighted by Crippen LogP contribution is 2.13. The van der Waals surface area contributed by atoms with E-state index in [9.17, 15) is 4.79 Å². The molecule has 1 aromatic carbocycles. The van der Waals surface area contributed by atoms with Crippen molar-refractivity contribution in [3.05, 3.63) is 35.4 Å². The van der Waals surface area contributed by atoms with Crippen LogP contribution in [0.4, 0.5) is 0 Å². The first-order valence-electron chi connectivity index (χ1n) is 5.06. The van der Waals surface area contributed by atoms with E-state index in [2.05, 4.69) is 0 Å². The molecule has 0 spiro atoms. The fraction of sp³-hybridized carbons (Fsp3) is 0.167. The van der Waals surface area contributed by atoms with Gasteiger partial charge in [0.05, 0.1) is 24.4 Å². The van der Waals surface area contributed by atoms with Crippen molar-refractivity contribution in [1.82, 2.24) is 4.90 Å². The number of hydrogen-bond donors (Lipinski definition) is 2. The van der Waals surface area contributed by atoms with Crippen LogP contribution in [0, 0.1) is 22.1 Å². The molecule has 92 valence electrons. The summed E-state index contributed by atoms with van der Waals surface area (Å²) >= 11 is 1.11. The van der Waals surface area contributed by atoms with Gasteiger partial charge in [-0.1, -0.05) is 30.0 Å². The maximum Gasteiger partial charge on any atom is 0.270 e. The van der Waals surface area contributed by atoms with Gasteiger partial charge in [-0.05, 0) is 17.9 Å². The third-order valence-electron chi connectivity index (χ3n) is 2.29. The third kappa shape index (κ3) is 3.18. The lowest BCUT2D eigenvalue weighted by molar-refractivity contribution is -0.120. The molecule has 0 saturated heterocycles. The van der Waals surface area contributed by atoms with Gasteiger partial charge in [-0.25, -0.2) is 0 Å². The van der Waals surface area contributed by atoms with Crippen molar-refractivity contribution < 1.29 is 4.79 Å². The molecule has 0 aliphatic carbocycles.